The third kappa shape index (κ3) is 2.58. The lowest BCUT2D eigenvalue weighted by molar-refractivity contribution is -0.132. The molecule has 2 atom stereocenters. The molecule has 2 heteroatoms. The molecule has 16 heavy (non-hydrogen) atoms. The zero-order valence-electron chi connectivity index (χ0n) is 10.7. The Morgan fingerprint density at radius 1 is 1.19 bits per heavy atom. The van der Waals surface area contributed by atoms with Gasteiger partial charge in [0.05, 0.1) is 0 Å². The predicted molar refractivity (Wildman–Crippen MR) is 66.1 cm³/mol. The van der Waals surface area contributed by atoms with Crippen molar-refractivity contribution in [1.82, 2.24) is 5.32 Å². The van der Waals surface area contributed by atoms with Crippen LogP contribution in [-0.4, -0.2) is 11.9 Å². The molecule has 0 spiro atoms. The van der Waals surface area contributed by atoms with Gasteiger partial charge in [-0.1, -0.05) is 33.1 Å². The normalized spacial score (nSPS) is 33.6. The topological polar surface area (TPSA) is 29.1 Å². The first-order valence-electron chi connectivity index (χ1n) is 6.91. The molecule has 92 valence electrons. The van der Waals surface area contributed by atoms with Crippen LogP contribution in [0.1, 0.15) is 65.2 Å². The molecule has 0 aromatic heterocycles. The number of hydrogen-bond acceptors (Lipinski definition) is 1. The van der Waals surface area contributed by atoms with Gasteiger partial charge in [-0.25, -0.2) is 0 Å². The van der Waals surface area contributed by atoms with E-state index in [0.717, 1.165) is 18.8 Å². The zero-order chi connectivity index (χ0) is 11.6. The highest BCUT2D eigenvalue weighted by Gasteiger charge is 2.36. The predicted octanol–water partition coefficient (Wildman–Crippen LogP) is 3.26. The van der Waals surface area contributed by atoms with E-state index in [0.29, 0.717) is 11.9 Å². The van der Waals surface area contributed by atoms with E-state index in [-0.39, 0.29) is 5.41 Å². The lowest BCUT2D eigenvalue weighted by Gasteiger charge is -2.33. The summed E-state index contributed by atoms with van der Waals surface area (Å²) >= 11 is 0. The van der Waals surface area contributed by atoms with Crippen molar-refractivity contribution >= 4 is 5.91 Å². The molecular formula is C14H25NO. The third-order valence-corrected chi connectivity index (χ3v) is 4.54. The highest BCUT2D eigenvalue weighted by Crippen LogP contribution is 2.36. The number of nitrogens with one attached hydrogen (secondary N) is 1. The van der Waals surface area contributed by atoms with Gasteiger partial charge in [0.2, 0.25) is 5.91 Å². The van der Waals surface area contributed by atoms with E-state index in [1.54, 1.807) is 0 Å². The van der Waals surface area contributed by atoms with E-state index in [4.69, 9.17) is 0 Å². The molecular weight excluding hydrogens is 198 g/mol. The van der Waals surface area contributed by atoms with Gasteiger partial charge in [-0.05, 0) is 38.0 Å². The van der Waals surface area contributed by atoms with Crippen molar-refractivity contribution in [3.63, 3.8) is 0 Å². The fourth-order valence-electron chi connectivity index (χ4n) is 3.26. The van der Waals surface area contributed by atoms with Crippen LogP contribution in [0.25, 0.3) is 0 Å². The molecule has 0 aromatic rings. The van der Waals surface area contributed by atoms with Crippen LogP contribution in [0.2, 0.25) is 0 Å². The van der Waals surface area contributed by atoms with Crippen LogP contribution >= 0.6 is 0 Å². The fraction of sp³-hybridized carbons (Fsp3) is 0.929. The number of carbonyl (C=O) groups excluding carboxylic acids is 1. The molecule has 1 amide bonds. The van der Waals surface area contributed by atoms with Crippen LogP contribution in [0.15, 0.2) is 0 Å². The Hall–Kier alpha value is -0.530. The summed E-state index contributed by atoms with van der Waals surface area (Å²) in [7, 11) is 0. The van der Waals surface area contributed by atoms with E-state index in [2.05, 4.69) is 19.2 Å². The third-order valence-electron chi connectivity index (χ3n) is 4.54. The van der Waals surface area contributed by atoms with Crippen molar-refractivity contribution in [3.05, 3.63) is 0 Å². The van der Waals surface area contributed by atoms with Crippen molar-refractivity contribution in [2.45, 2.75) is 71.3 Å². The smallest absolute Gasteiger partial charge is 0.226 e. The average molecular weight is 223 g/mol. The summed E-state index contributed by atoms with van der Waals surface area (Å²) in [4.78, 5) is 12.3. The molecule has 2 saturated carbocycles. The second-order valence-corrected chi connectivity index (χ2v) is 6.21. The zero-order valence-corrected chi connectivity index (χ0v) is 10.7. The summed E-state index contributed by atoms with van der Waals surface area (Å²) in [6, 6.07) is 0.459. The Morgan fingerprint density at radius 2 is 1.88 bits per heavy atom. The van der Waals surface area contributed by atoms with Crippen LogP contribution in [0.3, 0.4) is 0 Å². The second kappa shape index (κ2) is 4.77. The van der Waals surface area contributed by atoms with E-state index >= 15 is 0 Å². The standard InChI is InChI=1S/C14H25NO/c1-11-6-7-12(10-11)15-13(16)14(2)8-4-3-5-9-14/h11-12H,3-10H2,1-2H3,(H,15,16). The quantitative estimate of drug-likeness (QED) is 0.765. The lowest BCUT2D eigenvalue weighted by Crippen LogP contribution is -2.44. The first-order valence-corrected chi connectivity index (χ1v) is 6.91. The maximum absolute atomic E-state index is 12.3. The van der Waals surface area contributed by atoms with Gasteiger partial charge in [0.25, 0.3) is 0 Å². The van der Waals surface area contributed by atoms with Crippen LogP contribution in [-0.2, 0) is 4.79 Å². The minimum atomic E-state index is -0.0654. The van der Waals surface area contributed by atoms with Gasteiger partial charge >= 0.3 is 0 Å². The molecule has 2 rings (SSSR count). The Kier molecular flexibility index (Phi) is 3.56. The summed E-state index contributed by atoms with van der Waals surface area (Å²) in [6.45, 7) is 4.44. The molecule has 2 fully saturated rings. The monoisotopic (exact) mass is 223 g/mol. The summed E-state index contributed by atoms with van der Waals surface area (Å²) in [5.41, 5.74) is -0.0654. The number of carbonyl (C=O) groups is 1. The molecule has 2 aliphatic carbocycles. The molecule has 0 aliphatic heterocycles. The van der Waals surface area contributed by atoms with Gasteiger partial charge in [-0.3, -0.25) is 4.79 Å². The van der Waals surface area contributed by atoms with Gasteiger partial charge < -0.3 is 5.32 Å². The molecule has 1 N–H and O–H groups in total. The molecule has 0 heterocycles. The van der Waals surface area contributed by atoms with Crippen molar-refractivity contribution in [1.29, 1.82) is 0 Å². The van der Waals surface area contributed by atoms with Crippen molar-refractivity contribution in [2.75, 3.05) is 0 Å². The van der Waals surface area contributed by atoms with E-state index < -0.39 is 0 Å². The number of rotatable bonds is 2. The first kappa shape index (κ1) is 11.9. The molecule has 2 nitrogen and oxygen atoms in total. The Morgan fingerprint density at radius 3 is 2.44 bits per heavy atom. The largest absolute Gasteiger partial charge is 0.353 e. The molecule has 0 saturated heterocycles. The molecule has 0 radical (unpaired) electrons. The average Bonchev–Trinajstić information content (AvgIpc) is 2.65. The molecule has 0 aromatic carbocycles. The van der Waals surface area contributed by atoms with Gasteiger partial charge in [0.15, 0.2) is 0 Å². The highest BCUT2D eigenvalue weighted by molar-refractivity contribution is 5.82. The number of hydrogen-bond donors (Lipinski definition) is 1. The maximum Gasteiger partial charge on any atom is 0.226 e. The van der Waals surface area contributed by atoms with Crippen LogP contribution in [0.5, 0.6) is 0 Å². The SMILES string of the molecule is CC1CCC(NC(=O)C2(C)CCCCC2)C1. The van der Waals surface area contributed by atoms with Gasteiger partial charge in [-0.15, -0.1) is 0 Å². The highest BCUT2D eigenvalue weighted by atomic mass is 16.2. The van der Waals surface area contributed by atoms with Gasteiger partial charge in [-0.2, -0.15) is 0 Å². The summed E-state index contributed by atoms with van der Waals surface area (Å²) < 4.78 is 0. The first-order chi connectivity index (χ1) is 7.60. The summed E-state index contributed by atoms with van der Waals surface area (Å²) in [5.74, 6) is 1.12. The summed E-state index contributed by atoms with van der Waals surface area (Å²) in [6.07, 6.45) is 9.58. The Balaban J connectivity index is 1.86. The maximum atomic E-state index is 12.3. The van der Waals surface area contributed by atoms with Crippen LogP contribution in [0.4, 0.5) is 0 Å². The molecule has 0 bridgehead atoms. The minimum absolute atomic E-state index is 0.0654. The van der Waals surface area contributed by atoms with Crippen molar-refractivity contribution < 1.29 is 4.79 Å². The van der Waals surface area contributed by atoms with Gasteiger partial charge in [0, 0.05) is 11.5 Å². The minimum Gasteiger partial charge on any atom is -0.353 e. The summed E-state index contributed by atoms with van der Waals surface area (Å²) in [5, 5.41) is 3.28. The Bertz CT molecular complexity index is 255. The van der Waals surface area contributed by atoms with Crippen LogP contribution in [0, 0.1) is 11.3 Å². The van der Waals surface area contributed by atoms with E-state index in [1.807, 2.05) is 0 Å². The number of amides is 1. The fourth-order valence-corrected chi connectivity index (χ4v) is 3.26. The second-order valence-electron chi connectivity index (χ2n) is 6.21. The van der Waals surface area contributed by atoms with Gasteiger partial charge in [0.1, 0.15) is 0 Å². The molecule has 2 aliphatic rings. The molecule has 2 unspecified atom stereocenters. The van der Waals surface area contributed by atoms with Crippen molar-refractivity contribution in [3.8, 4) is 0 Å². The van der Waals surface area contributed by atoms with Crippen LogP contribution < -0.4 is 5.32 Å². The lowest BCUT2D eigenvalue weighted by atomic mass is 9.75. The Labute approximate surface area is 99.2 Å². The van der Waals surface area contributed by atoms with E-state index in [9.17, 15) is 4.79 Å². The van der Waals surface area contributed by atoms with E-state index in [1.165, 1.54) is 38.5 Å². The van der Waals surface area contributed by atoms with Crippen molar-refractivity contribution in [2.24, 2.45) is 11.3 Å².